The first-order valence-electron chi connectivity index (χ1n) is 10.7. The third kappa shape index (κ3) is 5.23. The zero-order valence-electron chi connectivity index (χ0n) is 18.1. The molecule has 1 amide bonds. The Kier molecular flexibility index (Phi) is 6.50. The Balaban J connectivity index is 1.40. The van der Waals surface area contributed by atoms with Gasteiger partial charge in [0.05, 0.1) is 7.11 Å². The first-order chi connectivity index (χ1) is 15.1. The zero-order chi connectivity index (χ0) is 21.6. The summed E-state index contributed by atoms with van der Waals surface area (Å²) in [5.74, 6) is 3.26. The molecular formula is C24H29N5O2. The van der Waals surface area contributed by atoms with Crippen LogP contribution in [-0.2, 0) is 17.9 Å². The molecule has 3 heterocycles. The fourth-order valence-corrected chi connectivity index (χ4v) is 3.82. The van der Waals surface area contributed by atoms with Crippen molar-refractivity contribution in [2.45, 2.75) is 32.9 Å². The number of benzene rings is 1. The second-order valence-electron chi connectivity index (χ2n) is 8.08. The number of carbonyl (C=O) groups is 1. The average molecular weight is 420 g/mol. The lowest BCUT2D eigenvalue weighted by Crippen LogP contribution is -2.33. The van der Waals surface area contributed by atoms with Crippen LogP contribution in [-0.4, -0.2) is 40.6 Å². The molecule has 1 aliphatic heterocycles. The molecule has 1 aliphatic rings. The summed E-state index contributed by atoms with van der Waals surface area (Å²) in [5.41, 5.74) is 1.99. The van der Waals surface area contributed by atoms with E-state index in [0.717, 1.165) is 47.5 Å². The van der Waals surface area contributed by atoms with E-state index in [1.807, 2.05) is 47.3 Å². The Bertz CT molecular complexity index is 1010. The molecule has 4 rings (SSSR count). The molecule has 3 aromatic rings. The molecule has 0 bridgehead atoms. The highest BCUT2D eigenvalue weighted by atomic mass is 16.5. The number of aromatic nitrogens is 3. The van der Waals surface area contributed by atoms with Crippen molar-refractivity contribution in [1.82, 2.24) is 19.9 Å². The van der Waals surface area contributed by atoms with Gasteiger partial charge in [0.2, 0.25) is 5.91 Å². The van der Waals surface area contributed by atoms with E-state index in [1.54, 1.807) is 13.3 Å². The smallest absolute Gasteiger partial charge is 0.240 e. The van der Waals surface area contributed by atoms with Crippen LogP contribution in [0.2, 0.25) is 0 Å². The van der Waals surface area contributed by atoms with Gasteiger partial charge >= 0.3 is 0 Å². The Morgan fingerprint density at radius 2 is 1.90 bits per heavy atom. The number of anilines is 1. The first kappa shape index (κ1) is 20.9. The van der Waals surface area contributed by atoms with E-state index in [4.69, 9.17) is 4.74 Å². The number of nitrogens with zero attached hydrogens (tertiary/aromatic N) is 4. The fourth-order valence-electron chi connectivity index (χ4n) is 3.82. The molecule has 7 nitrogen and oxygen atoms in total. The Labute approximate surface area is 183 Å². The molecule has 1 saturated heterocycles. The Hall–Kier alpha value is -3.35. The first-order valence-corrected chi connectivity index (χ1v) is 10.7. The summed E-state index contributed by atoms with van der Waals surface area (Å²) in [7, 11) is 1.64. The van der Waals surface area contributed by atoms with Crippen LogP contribution in [0.4, 0.5) is 5.82 Å². The quantitative estimate of drug-likeness (QED) is 0.635. The minimum Gasteiger partial charge on any atom is -0.497 e. The van der Waals surface area contributed by atoms with Crippen LogP contribution in [0.5, 0.6) is 5.75 Å². The van der Waals surface area contributed by atoms with E-state index in [9.17, 15) is 4.79 Å². The summed E-state index contributed by atoms with van der Waals surface area (Å²) in [6.07, 6.45) is 7.77. The normalized spacial score (nSPS) is 14.5. The van der Waals surface area contributed by atoms with Crippen LogP contribution >= 0.6 is 0 Å². The van der Waals surface area contributed by atoms with Crippen LogP contribution in [0.15, 0.2) is 55.0 Å². The number of ether oxygens (including phenoxy) is 1. The number of methoxy groups -OCH3 is 1. The van der Waals surface area contributed by atoms with E-state index in [-0.39, 0.29) is 12.5 Å². The number of hydrogen-bond donors (Lipinski definition) is 1. The zero-order valence-corrected chi connectivity index (χ0v) is 18.1. The minimum atomic E-state index is -0.0608. The van der Waals surface area contributed by atoms with Crippen molar-refractivity contribution in [1.29, 1.82) is 0 Å². The summed E-state index contributed by atoms with van der Waals surface area (Å²) in [5, 5.41) is 2.97. The maximum absolute atomic E-state index is 12.5. The van der Waals surface area contributed by atoms with Gasteiger partial charge in [-0.15, -0.1) is 0 Å². The number of hydrogen-bond acceptors (Lipinski definition) is 5. The van der Waals surface area contributed by atoms with Crippen LogP contribution in [0, 0.1) is 5.92 Å². The average Bonchev–Trinajstić information content (AvgIpc) is 3.26. The third-order valence-electron chi connectivity index (χ3n) is 5.79. The Morgan fingerprint density at radius 1 is 1.13 bits per heavy atom. The monoisotopic (exact) mass is 419 g/mol. The predicted molar refractivity (Wildman–Crippen MR) is 121 cm³/mol. The van der Waals surface area contributed by atoms with Crippen molar-refractivity contribution >= 4 is 11.7 Å². The van der Waals surface area contributed by atoms with Crippen LogP contribution in [0.1, 0.15) is 25.3 Å². The van der Waals surface area contributed by atoms with Crippen molar-refractivity contribution in [3.63, 3.8) is 0 Å². The van der Waals surface area contributed by atoms with Gasteiger partial charge in [0.25, 0.3) is 0 Å². The molecule has 0 spiro atoms. The number of carbonyl (C=O) groups excluding carboxylic acids is 1. The van der Waals surface area contributed by atoms with E-state index < -0.39 is 0 Å². The van der Waals surface area contributed by atoms with Crippen LogP contribution in [0.3, 0.4) is 0 Å². The lowest BCUT2D eigenvalue weighted by molar-refractivity contribution is -0.121. The van der Waals surface area contributed by atoms with Crippen LogP contribution in [0.25, 0.3) is 11.4 Å². The van der Waals surface area contributed by atoms with Gasteiger partial charge in [-0.1, -0.05) is 19.1 Å². The molecule has 0 saturated carbocycles. The number of amides is 1. The number of imidazole rings is 1. The molecule has 1 N–H and O–H groups in total. The molecule has 2 aromatic heterocycles. The summed E-state index contributed by atoms with van der Waals surface area (Å²) in [4.78, 5) is 23.9. The highest BCUT2D eigenvalue weighted by molar-refractivity contribution is 5.76. The van der Waals surface area contributed by atoms with E-state index in [0.29, 0.717) is 6.54 Å². The molecule has 7 heteroatoms. The standard InChI is InChI=1S/C24H29N5O2/c1-18-8-12-28(13-9-18)22-15-20(7-10-25-22)24-26-11-14-29(24)17-23(30)27-16-19-3-5-21(31-2)6-4-19/h3-7,10-11,14-15,18H,8-9,12-13,16-17H2,1-2H3,(H,27,30). The molecule has 0 aliphatic carbocycles. The van der Waals surface area contributed by atoms with Crippen molar-refractivity contribution in [2.75, 3.05) is 25.1 Å². The maximum Gasteiger partial charge on any atom is 0.240 e. The summed E-state index contributed by atoms with van der Waals surface area (Å²) in [6.45, 7) is 5.04. The molecule has 31 heavy (non-hydrogen) atoms. The minimum absolute atomic E-state index is 0.0608. The van der Waals surface area contributed by atoms with Gasteiger partial charge < -0.3 is 19.5 Å². The molecule has 0 radical (unpaired) electrons. The van der Waals surface area contributed by atoms with Crippen molar-refractivity contribution in [3.8, 4) is 17.1 Å². The van der Waals surface area contributed by atoms with Gasteiger partial charge in [0, 0.05) is 43.8 Å². The van der Waals surface area contributed by atoms with Crippen molar-refractivity contribution in [2.24, 2.45) is 5.92 Å². The van der Waals surface area contributed by atoms with E-state index >= 15 is 0 Å². The number of piperidine rings is 1. The fraction of sp³-hybridized carbons (Fsp3) is 0.375. The SMILES string of the molecule is COc1ccc(CNC(=O)Cn2ccnc2-c2ccnc(N3CCC(C)CC3)c2)cc1. The van der Waals surface area contributed by atoms with Gasteiger partial charge in [-0.25, -0.2) is 9.97 Å². The van der Waals surface area contributed by atoms with Crippen molar-refractivity contribution < 1.29 is 9.53 Å². The van der Waals surface area contributed by atoms with Crippen LogP contribution < -0.4 is 15.0 Å². The molecule has 1 aromatic carbocycles. The summed E-state index contributed by atoms with van der Waals surface area (Å²) in [6, 6.07) is 11.7. The number of nitrogens with one attached hydrogen (secondary N) is 1. The third-order valence-corrected chi connectivity index (χ3v) is 5.79. The lowest BCUT2D eigenvalue weighted by atomic mass is 9.99. The predicted octanol–water partition coefficient (Wildman–Crippen LogP) is 3.51. The topological polar surface area (TPSA) is 72.3 Å². The number of pyridine rings is 1. The highest BCUT2D eigenvalue weighted by Crippen LogP contribution is 2.25. The largest absolute Gasteiger partial charge is 0.497 e. The maximum atomic E-state index is 12.5. The highest BCUT2D eigenvalue weighted by Gasteiger charge is 2.18. The van der Waals surface area contributed by atoms with Gasteiger partial charge in [0.15, 0.2) is 0 Å². The Morgan fingerprint density at radius 3 is 2.65 bits per heavy atom. The summed E-state index contributed by atoms with van der Waals surface area (Å²) >= 11 is 0. The van der Waals surface area contributed by atoms with Crippen molar-refractivity contribution in [3.05, 3.63) is 60.6 Å². The van der Waals surface area contributed by atoms with Gasteiger partial charge in [-0.3, -0.25) is 4.79 Å². The molecule has 1 fully saturated rings. The molecule has 162 valence electrons. The van der Waals surface area contributed by atoms with E-state index in [2.05, 4.69) is 33.2 Å². The second kappa shape index (κ2) is 9.64. The van der Waals surface area contributed by atoms with E-state index in [1.165, 1.54) is 12.8 Å². The van der Waals surface area contributed by atoms with Gasteiger partial charge in [0.1, 0.15) is 23.9 Å². The lowest BCUT2D eigenvalue weighted by Gasteiger charge is -2.31. The molecule has 0 unspecified atom stereocenters. The summed E-state index contributed by atoms with van der Waals surface area (Å²) < 4.78 is 7.04. The second-order valence-corrected chi connectivity index (χ2v) is 8.08. The van der Waals surface area contributed by atoms with Gasteiger partial charge in [-0.05, 0) is 48.6 Å². The number of rotatable bonds is 7. The van der Waals surface area contributed by atoms with Gasteiger partial charge in [-0.2, -0.15) is 0 Å². The molecule has 0 atom stereocenters. The molecular weight excluding hydrogens is 390 g/mol.